The number of hydrogen-bond donors (Lipinski definition) is 3. The number of aromatic nitrogens is 2. The van der Waals surface area contributed by atoms with Crippen LogP contribution in [0.1, 0.15) is 21.5 Å². The Hall–Kier alpha value is -4.15. The highest BCUT2D eigenvalue weighted by Crippen LogP contribution is 2.34. The van der Waals surface area contributed by atoms with Gasteiger partial charge in [0.15, 0.2) is 0 Å². The molecule has 34 heavy (non-hydrogen) atoms. The number of hydrogen-bond acceptors (Lipinski definition) is 6. The number of halogens is 3. The second-order valence-corrected chi connectivity index (χ2v) is 7.70. The molecular weight excluding hydrogens is 449 g/mol. The summed E-state index contributed by atoms with van der Waals surface area (Å²) in [7, 11) is 1.57. The Labute approximate surface area is 193 Å². The number of fused-ring (bicyclic) bond motifs is 1. The fraction of sp³-hybridized carbons (Fsp3) is 0.217. The zero-order valence-corrected chi connectivity index (χ0v) is 18.1. The van der Waals surface area contributed by atoms with Crippen molar-refractivity contribution in [1.82, 2.24) is 14.9 Å². The second kappa shape index (κ2) is 9.38. The SMILES string of the molecule is CN(CCNc1nc(Nc2ccc3c(c2)CC(=O)N3)ncc1C(F)(F)F)C(=O)c1ccccc1. The number of carbonyl (C=O) groups is 2. The van der Waals surface area contributed by atoms with Gasteiger partial charge in [-0.25, -0.2) is 4.98 Å². The van der Waals surface area contributed by atoms with Crippen molar-refractivity contribution in [3.05, 3.63) is 71.4 Å². The van der Waals surface area contributed by atoms with Gasteiger partial charge in [0.05, 0.1) is 6.42 Å². The summed E-state index contributed by atoms with van der Waals surface area (Å²) >= 11 is 0. The van der Waals surface area contributed by atoms with Crippen molar-refractivity contribution in [1.29, 1.82) is 0 Å². The molecule has 2 amide bonds. The smallest absolute Gasteiger partial charge is 0.368 e. The summed E-state index contributed by atoms with van der Waals surface area (Å²) in [6, 6.07) is 13.7. The van der Waals surface area contributed by atoms with Crippen molar-refractivity contribution >= 4 is 35.0 Å². The maximum Gasteiger partial charge on any atom is 0.421 e. The van der Waals surface area contributed by atoms with Crippen LogP contribution < -0.4 is 16.0 Å². The van der Waals surface area contributed by atoms with Crippen LogP contribution in [0, 0.1) is 0 Å². The minimum absolute atomic E-state index is 0.0403. The third-order valence-corrected chi connectivity index (χ3v) is 5.19. The number of nitrogens with zero attached hydrogens (tertiary/aromatic N) is 3. The van der Waals surface area contributed by atoms with E-state index in [-0.39, 0.29) is 37.3 Å². The van der Waals surface area contributed by atoms with E-state index in [1.807, 2.05) is 0 Å². The molecule has 2 aromatic carbocycles. The van der Waals surface area contributed by atoms with Crippen molar-refractivity contribution < 1.29 is 22.8 Å². The number of anilines is 4. The van der Waals surface area contributed by atoms with Crippen LogP contribution in [0.25, 0.3) is 0 Å². The zero-order valence-electron chi connectivity index (χ0n) is 18.1. The van der Waals surface area contributed by atoms with Gasteiger partial charge in [0, 0.05) is 43.3 Å². The van der Waals surface area contributed by atoms with E-state index in [1.165, 1.54) is 4.90 Å². The molecule has 0 saturated carbocycles. The number of benzene rings is 2. The summed E-state index contributed by atoms with van der Waals surface area (Å²) in [4.78, 5) is 33.2. The van der Waals surface area contributed by atoms with Crippen molar-refractivity contribution in [2.45, 2.75) is 12.6 Å². The predicted octanol–water partition coefficient (Wildman–Crippen LogP) is 3.92. The minimum atomic E-state index is -4.66. The van der Waals surface area contributed by atoms with E-state index >= 15 is 0 Å². The zero-order chi connectivity index (χ0) is 24.3. The van der Waals surface area contributed by atoms with E-state index in [4.69, 9.17) is 0 Å². The predicted molar refractivity (Wildman–Crippen MR) is 121 cm³/mol. The Morgan fingerprint density at radius 1 is 1.18 bits per heavy atom. The van der Waals surface area contributed by atoms with Gasteiger partial charge in [-0.3, -0.25) is 9.59 Å². The van der Waals surface area contributed by atoms with Gasteiger partial charge in [-0.05, 0) is 35.9 Å². The number of likely N-dealkylation sites (N-methyl/N-ethyl adjacent to an activating group) is 1. The molecule has 0 spiro atoms. The third kappa shape index (κ3) is 5.25. The molecule has 4 rings (SSSR count). The fourth-order valence-corrected chi connectivity index (χ4v) is 3.47. The van der Waals surface area contributed by atoms with Crippen molar-refractivity contribution in [3.8, 4) is 0 Å². The highest BCUT2D eigenvalue weighted by Gasteiger charge is 2.35. The van der Waals surface area contributed by atoms with Crippen LogP contribution >= 0.6 is 0 Å². The van der Waals surface area contributed by atoms with Crippen LogP contribution in [0.2, 0.25) is 0 Å². The average Bonchev–Trinajstić information content (AvgIpc) is 3.17. The van der Waals surface area contributed by atoms with E-state index in [1.54, 1.807) is 55.6 Å². The molecule has 0 aliphatic carbocycles. The molecule has 8 nitrogen and oxygen atoms in total. The summed E-state index contributed by atoms with van der Waals surface area (Å²) in [5.74, 6) is -0.807. The monoisotopic (exact) mass is 470 g/mol. The molecule has 2 heterocycles. The first-order valence-corrected chi connectivity index (χ1v) is 10.4. The molecule has 1 aromatic heterocycles. The maximum absolute atomic E-state index is 13.5. The van der Waals surface area contributed by atoms with Gasteiger partial charge in [-0.2, -0.15) is 18.2 Å². The molecule has 176 valence electrons. The van der Waals surface area contributed by atoms with Crippen LogP contribution in [0.3, 0.4) is 0 Å². The quantitative estimate of drug-likeness (QED) is 0.484. The van der Waals surface area contributed by atoms with Gasteiger partial charge in [0.1, 0.15) is 11.4 Å². The van der Waals surface area contributed by atoms with Gasteiger partial charge < -0.3 is 20.9 Å². The molecular formula is C23H21F3N6O2. The molecule has 0 atom stereocenters. The lowest BCUT2D eigenvalue weighted by molar-refractivity contribution is -0.137. The largest absolute Gasteiger partial charge is 0.421 e. The second-order valence-electron chi connectivity index (χ2n) is 7.70. The summed E-state index contributed by atoms with van der Waals surface area (Å²) in [5.41, 5.74) is 1.47. The molecule has 1 aliphatic rings. The lowest BCUT2D eigenvalue weighted by Crippen LogP contribution is -2.31. The van der Waals surface area contributed by atoms with Gasteiger partial charge in [0.2, 0.25) is 11.9 Å². The molecule has 1 aliphatic heterocycles. The first kappa shape index (κ1) is 23.0. The first-order chi connectivity index (χ1) is 16.2. The van der Waals surface area contributed by atoms with Crippen molar-refractivity contribution in [2.75, 3.05) is 36.1 Å². The number of amides is 2. The van der Waals surface area contributed by atoms with E-state index in [0.29, 0.717) is 23.1 Å². The average molecular weight is 470 g/mol. The van der Waals surface area contributed by atoms with Gasteiger partial charge in [-0.1, -0.05) is 18.2 Å². The molecule has 0 fully saturated rings. The van der Waals surface area contributed by atoms with E-state index in [2.05, 4.69) is 25.9 Å². The van der Waals surface area contributed by atoms with Crippen LogP contribution in [-0.4, -0.2) is 46.8 Å². The lowest BCUT2D eigenvalue weighted by atomic mass is 10.1. The summed E-state index contributed by atoms with van der Waals surface area (Å²) in [5, 5.41) is 8.26. The summed E-state index contributed by atoms with van der Waals surface area (Å²) < 4.78 is 40.5. The van der Waals surface area contributed by atoms with E-state index in [0.717, 1.165) is 5.56 Å². The molecule has 3 aromatic rings. The minimum Gasteiger partial charge on any atom is -0.368 e. The molecule has 0 radical (unpaired) electrons. The summed E-state index contributed by atoms with van der Waals surface area (Å²) in [6.45, 7) is 0.199. The van der Waals surface area contributed by atoms with Crippen LogP contribution in [0.15, 0.2) is 54.7 Å². The Balaban J connectivity index is 1.46. The topological polar surface area (TPSA) is 99.2 Å². The Morgan fingerprint density at radius 3 is 2.68 bits per heavy atom. The van der Waals surface area contributed by atoms with E-state index < -0.39 is 17.6 Å². The fourth-order valence-electron chi connectivity index (χ4n) is 3.47. The first-order valence-electron chi connectivity index (χ1n) is 10.4. The molecule has 3 N–H and O–H groups in total. The van der Waals surface area contributed by atoms with Crippen LogP contribution in [-0.2, 0) is 17.4 Å². The highest BCUT2D eigenvalue weighted by atomic mass is 19.4. The molecule has 0 unspecified atom stereocenters. The Kier molecular flexibility index (Phi) is 6.35. The summed E-state index contributed by atoms with van der Waals surface area (Å²) in [6.07, 6.45) is -3.73. The van der Waals surface area contributed by atoms with Crippen LogP contribution in [0.4, 0.5) is 36.3 Å². The normalized spacial score (nSPS) is 12.6. The molecule has 11 heteroatoms. The number of nitrogens with one attached hydrogen (secondary N) is 3. The highest BCUT2D eigenvalue weighted by molar-refractivity contribution is 5.99. The van der Waals surface area contributed by atoms with Crippen LogP contribution in [0.5, 0.6) is 0 Å². The maximum atomic E-state index is 13.5. The number of carbonyl (C=O) groups excluding carboxylic acids is 2. The Bertz CT molecular complexity index is 1220. The van der Waals surface area contributed by atoms with Crippen molar-refractivity contribution in [3.63, 3.8) is 0 Å². The standard InChI is InChI=1S/C23H21F3N6O2/c1-32(21(34)14-5-3-2-4-6-14)10-9-27-20-17(23(24,25)26)13-28-22(31-20)29-16-7-8-18-15(11-16)12-19(33)30-18/h2-8,11,13H,9-10,12H2,1H3,(H,30,33)(H2,27,28,29,31). The van der Waals surface area contributed by atoms with Gasteiger partial charge >= 0.3 is 6.18 Å². The van der Waals surface area contributed by atoms with Gasteiger partial charge in [0.25, 0.3) is 5.91 Å². The van der Waals surface area contributed by atoms with Gasteiger partial charge in [-0.15, -0.1) is 0 Å². The van der Waals surface area contributed by atoms with Crippen molar-refractivity contribution in [2.24, 2.45) is 0 Å². The molecule has 0 saturated heterocycles. The lowest BCUT2D eigenvalue weighted by Gasteiger charge is -2.19. The van der Waals surface area contributed by atoms with E-state index in [9.17, 15) is 22.8 Å². The number of alkyl halides is 3. The number of rotatable bonds is 7. The Morgan fingerprint density at radius 2 is 1.94 bits per heavy atom. The molecule has 0 bridgehead atoms. The third-order valence-electron chi connectivity index (χ3n) is 5.19.